The number of nitrogens with two attached hydrogens (primary N) is 1. The van der Waals surface area contributed by atoms with E-state index in [2.05, 4.69) is 20.8 Å². The molecule has 1 unspecified atom stereocenters. The second-order valence-electron chi connectivity index (χ2n) is 5.37. The minimum absolute atomic E-state index is 0.118. The standard InChI is InChI=1S/C13H19ClFN/c1-13(2,3)7-6-12(16)10-5-4-9(15)8-11(10)14/h4-5,8,12H,6-7,16H2,1-3H3. The van der Waals surface area contributed by atoms with Crippen molar-refractivity contribution in [2.45, 2.75) is 39.7 Å². The van der Waals surface area contributed by atoms with Crippen LogP contribution < -0.4 is 5.73 Å². The third-order valence-electron chi connectivity index (χ3n) is 2.57. The van der Waals surface area contributed by atoms with Crippen LogP contribution in [0.4, 0.5) is 4.39 Å². The summed E-state index contributed by atoms with van der Waals surface area (Å²) in [5, 5.41) is 0.418. The molecule has 0 saturated heterocycles. The highest BCUT2D eigenvalue weighted by Gasteiger charge is 2.15. The van der Waals surface area contributed by atoms with Gasteiger partial charge in [0.25, 0.3) is 0 Å². The zero-order valence-electron chi connectivity index (χ0n) is 10.1. The Balaban J connectivity index is 2.70. The van der Waals surface area contributed by atoms with Crippen LogP contribution in [0.5, 0.6) is 0 Å². The Hall–Kier alpha value is -0.600. The number of rotatable bonds is 3. The Bertz CT molecular complexity index is 357. The summed E-state index contributed by atoms with van der Waals surface area (Å²) in [7, 11) is 0. The van der Waals surface area contributed by atoms with E-state index in [1.54, 1.807) is 6.07 Å². The molecule has 0 spiro atoms. The molecule has 0 aliphatic rings. The van der Waals surface area contributed by atoms with Gasteiger partial charge in [-0.25, -0.2) is 4.39 Å². The van der Waals surface area contributed by atoms with Crippen molar-refractivity contribution in [1.29, 1.82) is 0 Å². The Morgan fingerprint density at radius 3 is 2.50 bits per heavy atom. The molecular weight excluding hydrogens is 225 g/mol. The van der Waals surface area contributed by atoms with Gasteiger partial charge in [-0.15, -0.1) is 0 Å². The minimum Gasteiger partial charge on any atom is -0.324 e. The van der Waals surface area contributed by atoms with Crippen molar-refractivity contribution in [3.05, 3.63) is 34.6 Å². The van der Waals surface area contributed by atoms with E-state index >= 15 is 0 Å². The second-order valence-corrected chi connectivity index (χ2v) is 5.78. The lowest BCUT2D eigenvalue weighted by Gasteiger charge is -2.21. The molecular formula is C13H19ClFN. The fourth-order valence-corrected chi connectivity index (χ4v) is 1.85. The molecule has 0 heterocycles. The highest BCUT2D eigenvalue weighted by molar-refractivity contribution is 6.31. The average Bonchev–Trinajstić information content (AvgIpc) is 2.13. The van der Waals surface area contributed by atoms with Gasteiger partial charge in [-0.05, 0) is 36.0 Å². The summed E-state index contributed by atoms with van der Waals surface area (Å²) in [5.41, 5.74) is 7.13. The molecule has 0 aliphatic heterocycles. The highest BCUT2D eigenvalue weighted by Crippen LogP contribution is 2.29. The fraction of sp³-hybridized carbons (Fsp3) is 0.538. The van der Waals surface area contributed by atoms with Crippen LogP contribution in [-0.2, 0) is 0 Å². The lowest BCUT2D eigenvalue weighted by Crippen LogP contribution is -2.15. The van der Waals surface area contributed by atoms with Crippen LogP contribution in [0.25, 0.3) is 0 Å². The first-order valence-electron chi connectivity index (χ1n) is 5.50. The summed E-state index contributed by atoms with van der Waals surface area (Å²) < 4.78 is 12.9. The normalized spacial score (nSPS) is 13.9. The van der Waals surface area contributed by atoms with E-state index in [-0.39, 0.29) is 17.3 Å². The van der Waals surface area contributed by atoms with Crippen LogP contribution in [-0.4, -0.2) is 0 Å². The molecule has 1 rings (SSSR count). The maximum absolute atomic E-state index is 12.9. The lowest BCUT2D eigenvalue weighted by molar-refractivity contribution is 0.350. The topological polar surface area (TPSA) is 26.0 Å². The molecule has 1 atom stereocenters. The van der Waals surface area contributed by atoms with Crippen molar-refractivity contribution >= 4 is 11.6 Å². The van der Waals surface area contributed by atoms with E-state index in [4.69, 9.17) is 17.3 Å². The molecule has 0 amide bonds. The van der Waals surface area contributed by atoms with E-state index in [0.29, 0.717) is 5.02 Å². The first-order valence-corrected chi connectivity index (χ1v) is 5.88. The van der Waals surface area contributed by atoms with Gasteiger partial charge in [-0.3, -0.25) is 0 Å². The van der Waals surface area contributed by atoms with Gasteiger partial charge < -0.3 is 5.73 Å². The molecule has 0 bridgehead atoms. The van der Waals surface area contributed by atoms with Crippen LogP contribution in [0.15, 0.2) is 18.2 Å². The highest BCUT2D eigenvalue weighted by atomic mass is 35.5. The average molecular weight is 244 g/mol. The van der Waals surface area contributed by atoms with Crippen LogP contribution in [0.3, 0.4) is 0 Å². The van der Waals surface area contributed by atoms with Gasteiger partial charge in [0.15, 0.2) is 0 Å². The van der Waals surface area contributed by atoms with E-state index in [9.17, 15) is 4.39 Å². The van der Waals surface area contributed by atoms with Gasteiger partial charge in [-0.1, -0.05) is 38.4 Å². The number of benzene rings is 1. The second kappa shape index (κ2) is 5.15. The van der Waals surface area contributed by atoms with Crippen molar-refractivity contribution in [2.75, 3.05) is 0 Å². The van der Waals surface area contributed by atoms with E-state index < -0.39 is 0 Å². The summed E-state index contributed by atoms with van der Waals surface area (Å²) in [6.07, 6.45) is 1.87. The Labute approximate surface area is 102 Å². The Morgan fingerprint density at radius 1 is 1.38 bits per heavy atom. The number of hydrogen-bond acceptors (Lipinski definition) is 1. The predicted octanol–water partition coefficient (Wildman–Crippen LogP) is 4.31. The minimum atomic E-state index is -0.322. The van der Waals surface area contributed by atoms with Crippen LogP contribution in [0.2, 0.25) is 5.02 Å². The van der Waals surface area contributed by atoms with Crippen molar-refractivity contribution < 1.29 is 4.39 Å². The molecule has 2 N–H and O–H groups in total. The smallest absolute Gasteiger partial charge is 0.124 e. The zero-order valence-corrected chi connectivity index (χ0v) is 10.8. The van der Waals surface area contributed by atoms with Crippen molar-refractivity contribution in [1.82, 2.24) is 0 Å². The Kier molecular flexibility index (Phi) is 4.34. The maximum atomic E-state index is 12.9. The molecule has 1 aromatic carbocycles. The van der Waals surface area contributed by atoms with Crippen molar-refractivity contribution in [3.63, 3.8) is 0 Å². The first kappa shape index (κ1) is 13.5. The molecule has 1 nitrogen and oxygen atoms in total. The van der Waals surface area contributed by atoms with Gasteiger partial charge >= 0.3 is 0 Å². The summed E-state index contributed by atoms with van der Waals surface area (Å²) in [4.78, 5) is 0. The molecule has 90 valence electrons. The van der Waals surface area contributed by atoms with Crippen LogP contribution >= 0.6 is 11.6 Å². The van der Waals surface area contributed by atoms with Crippen molar-refractivity contribution in [2.24, 2.45) is 11.1 Å². The third kappa shape index (κ3) is 4.11. The summed E-state index contributed by atoms with van der Waals surface area (Å²) in [5.74, 6) is -0.322. The zero-order chi connectivity index (χ0) is 12.3. The molecule has 3 heteroatoms. The van der Waals surface area contributed by atoms with Crippen LogP contribution in [0, 0.1) is 11.2 Å². The first-order chi connectivity index (χ1) is 7.29. The largest absolute Gasteiger partial charge is 0.324 e. The fourth-order valence-electron chi connectivity index (χ4n) is 1.55. The number of hydrogen-bond donors (Lipinski definition) is 1. The van der Waals surface area contributed by atoms with E-state index in [0.717, 1.165) is 18.4 Å². The van der Waals surface area contributed by atoms with Gasteiger partial charge in [0.2, 0.25) is 0 Å². The monoisotopic (exact) mass is 243 g/mol. The van der Waals surface area contributed by atoms with Gasteiger partial charge in [0, 0.05) is 11.1 Å². The molecule has 0 saturated carbocycles. The van der Waals surface area contributed by atoms with Crippen molar-refractivity contribution in [3.8, 4) is 0 Å². The van der Waals surface area contributed by atoms with E-state index in [1.807, 2.05) is 0 Å². The number of halogens is 2. The predicted molar refractivity (Wildman–Crippen MR) is 67.0 cm³/mol. The van der Waals surface area contributed by atoms with Gasteiger partial charge in [0.05, 0.1) is 0 Å². The quantitative estimate of drug-likeness (QED) is 0.841. The summed E-state index contributed by atoms with van der Waals surface area (Å²) >= 11 is 5.95. The summed E-state index contributed by atoms with van der Waals surface area (Å²) in [6.45, 7) is 6.52. The van der Waals surface area contributed by atoms with Gasteiger partial charge in [0.1, 0.15) is 5.82 Å². The van der Waals surface area contributed by atoms with Gasteiger partial charge in [-0.2, -0.15) is 0 Å². The van der Waals surface area contributed by atoms with Crippen LogP contribution in [0.1, 0.15) is 45.2 Å². The SMILES string of the molecule is CC(C)(C)CCC(N)c1ccc(F)cc1Cl. The molecule has 0 aromatic heterocycles. The summed E-state index contributed by atoms with van der Waals surface area (Å²) in [6, 6.07) is 4.27. The molecule has 16 heavy (non-hydrogen) atoms. The molecule has 0 radical (unpaired) electrons. The molecule has 0 fully saturated rings. The Morgan fingerprint density at radius 2 is 2.00 bits per heavy atom. The third-order valence-corrected chi connectivity index (χ3v) is 2.89. The van der Waals surface area contributed by atoms with E-state index in [1.165, 1.54) is 12.1 Å². The maximum Gasteiger partial charge on any atom is 0.124 e. The lowest BCUT2D eigenvalue weighted by atomic mass is 9.87. The molecule has 0 aliphatic carbocycles. The molecule has 1 aromatic rings.